The molecule has 17 heavy (non-hydrogen) atoms. The van der Waals surface area contributed by atoms with Crippen LogP contribution in [0.1, 0.15) is 27.6 Å². The molecule has 0 spiro atoms. The van der Waals surface area contributed by atoms with Gasteiger partial charge < -0.3 is 9.30 Å². The lowest BCUT2D eigenvalue weighted by atomic mass is 10.1. The molecular formula is C13H13NO3. The van der Waals surface area contributed by atoms with Crippen molar-refractivity contribution in [3.05, 3.63) is 35.5 Å². The summed E-state index contributed by atoms with van der Waals surface area (Å²) in [6, 6.07) is 5.34. The molecule has 0 radical (unpaired) electrons. The smallest absolute Gasteiger partial charge is 0.338 e. The van der Waals surface area contributed by atoms with Crippen LogP contribution >= 0.6 is 0 Å². The predicted molar refractivity (Wildman–Crippen MR) is 64.3 cm³/mol. The highest BCUT2D eigenvalue weighted by atomic mass is 16.5. The third kappa shape index (κ3) is 1.71. The number of fused-ring (bicyclic) bond motifs is 1. The Morgan fingerprint density at radius 3 is 2.82 bits per heavy atom. The fraction of sp³-hybridized carbons (Fsp3) is 0.231. The third-order valence-electron chi connectivity index (χ3n) is 2.81. The van der Waals surface area contributed by atoms with Gasteiger partial charge in [0.25, 0.3) is 0 Å². The van der Waals surface area contributed by atoms with Crippen LogP contribution in [0.3, 0.4) is 0 Å². The highest BCUT2D eigenvalue weighted by Gasteiger charge is 2.16. The summed E-state index contributed by atoms with van der Waals surface area (Å²) in [6.07, 6.45) is 2.52. The van der Waals surface area contributed by atoms with Crippen molar-refractivity contribution in [2.45, 2.75) is 13.5 Å². The van der Waals surface area contributed by atoms with Crippen molar-refractivity contribution in [1.82, 2.24) is 4.57 Å². The van der Waals surface area contributed by atoms with E-state index in [-0.39, 0.29) is 0 Å². The average Bonchev–Trinajstić information content (AvgIpc) is 2.75. The molecule has 0 N–H and O–H groups in total. The van der Waals surface area contributed by atoms with Crippen LogP contribution in [0.5, 0.6) is 0 Å². The van der Waals surface area contributed by atoms with Crippen molar-refractivity contribution in [2.24, 2.45) is 0 Å². The molecule has 0 fully saturated rings. The van der Waals surface area contributed by atoms with Crippen LogP contribution in [-0.4, -0.2) is 23.9 Å². The first-order valence-corrected chi connectivity index (χ1v) is 5.38. The van der Waals surface area contributed by atoms with Gasteiger partial charge in [-0.15, -0.1) is 0 Å². The van der Waals surface area contributed by atoms with E-state index in [9.17, 15) is 9.59 Å². The van der Waals surface area contributed by atoms with Crippen molar-refractivity contribution in [3.63, 3.8) is 0 Å². The van der Waals surface area contributed by atoms with E-state index in [2.05, 4.69) is 0 Å². The van der Waals surface area contributed by atoms with Gasteiger partial charge in [-0.3, -0.25) is 4.79 Å². The number of rotatable bonds is 3. The van der Waals surface area contributed by atoms with Gasteiger partial charge in [0.2, 0.25) is 0 Å². The Morgan fingerprint density at radius 2 is 2.24 bits per heavy atom. The summed E-state index contributed by atoms with van der Waals surface area (Å²) in [5.74, 6) is -0.424. The molecule has 0 saturated heterocycles. The minimum Gasteiger partial charge on any atom is -0.465 e. The number of ether oxygens (including phenoxy) is 1. The molecule has 2 rings (SSSR count). The summed E-state index contributed by atoms with van der Waals surface area (Å²) >= 11 is 0. The second-order valence-corrected chi connectivity index (χ2v) is 3.68. The van der Waals surface area contributed by atoms with Crippen LogP contribution < -0.4 is 0 Å². The van der Waals surface area contributed by atoms with Gasteiger partial charge >= 0.3 is 5.97 Å². The number of aldehydes is 1. The first-order valence-electron chi connectivity index (χ1n) is 5.38. The molecule has 0 saturated carbocycles. The Balaban J connectivity index is 2.82. The molecule has 0 unspecified atom stereocenters. The second-order valence-electron chi connectivity index (χ2n) is 3.68. The fourth-order valence-electron chi connectivity index (χ4n) is 2.02. The van der Waals surface area contributed by atoms with Crippen LogP contribution in [-0.2, 0) is 11.3 Å². The van der Waals surface area contributed by atoms with E-state index in [0.717, 1.165) is 18.3 Å². The SMILES string of the molecule is CCn1cc(C=O)c2c(C(=O)OC)cccc21. The van der Waals surface area contributed by atoms with E-state index in [1.807, 2.05) is 17.6 Å². The van der Waals surface area contributed by atoms with E-state index >= 15 is 0 Å². The van der Waals surface area contributed by atoms with E-state index in [1.54, 1.807) is 18.3 Å². The molecule has 1 aromatic carbocycles. The van der Waals surface area contributed by atoms with Crippen molar-refractivity contribution >= 4 is 23.2 Å². The number of hydrogen-bond donors (Lipinski definition) is 0. The Bertz CT molecular complexity index is 584. The number of aromatic nitrogens is 1. The summed E-state index contributed by atoms with van der Waals surface area (Å²) in [4.78, 5) is 22.7. The number of nitrogens with zero attached hydrogens (tertiary/aromatic N) is 1. The van der Waals surface area contributed by atoms with E-state index < -0.39 is 5.97 Å². The monoisotopic (exact) mass is 231 g/mol. The number of hydrogen-bond acceptors (Lipinski definition) is 3. The molecule has 0 bridgehead atoms. The molecule has 4 nitrogen and oxygen atoms in total. The minimum atomic E-state index is -0.424. The molecule has 88 valence electrons. The van der Waals surface area contributed by atoms with Gasteiger partial charge in [0, 0.05) is 29.2 Å². The van der Waals surface area contributed by atoms with Crippen LogP contribution in [0.4, 0.5) is 0 Å². The molecular weight excluding hydrogens is 218 g/mol. The van der Waals surface area contributed by atoms with E-state index in [0.29, 0.717) is 16.5 Å². The van der Waals surface area contributed by atoms with Crippen molar-refractivity contribution in [3.8, 4) is 0 Å². The number of carbonyl (C=O) groups is 2. The molecule has 2 aromatic rings. The van der Waals surface area contributed by atoms with Gasteiger partial charge in [-0.05, 0) is 19.1 Å². The largest absolute Gasteiger partial charge is 0.465 e. The molecule has 1 heterocycles. The predicted octanol–water partition coefficient (Wildman–Crippen LogP) is 2.26. The highest BCUT2D eigenvalue weighted by Crippen LogP contribution is 2.24. The van der Waals surface area contributed by atoms with Crippen LogP contribution in [0.2, 0.25) is 0 Å². The van der Waals surface area contributed by atoms with Crippen LogP contribution in [0.25, 0.3) is 10.9 Å². The molecule has 0 atom stereocenters. The normalized spacial score (nSPS) is 10.5. The minimum absolute atomic E-state index is 0.424. The van der Waals surface area contributed by atoms with Gasteiger partial charge in [-0.2, -0.15) is 0 Å². The zero-order valence-electron chi connectivity index (χ0n) is 9.77. The lowest BCUT2D eigenvalue weighted by molar-refractivity contribution is 0.0603. The van der Waals surface area contributed by atoms with Gasteiger partial charge in [0.15, 0.2) is 6.29 Å². The van der Waals surface area contributed by atoms with Crippen LogP contribution in [0, 0.1) is 0 Å². The Hall–Kier alpha value is -2.10. The van der Waals surface area contributed by atoms with Gasteiger partial charge in [0.05, 0.1) is 12.7 Å². The lowest BCUT2D eigenvalue weighted by Crippen LogP contribution is -2.02. The zero-order chi connectivity index (χ0) is 12.4. The van der Waals surface area contributed by atoms with Gasteiger partial charge in [0.1, 0.15) is 0 Å². The third-order valence-corrected chi connectivity index (χ3v) is 2.81. The summed E-state index contributed by atoms with van der Waals surface area (Å²) in [5.41, 5.74) is 1.82. The maximum Gasteiger partial charge on any atom is 0.338 e. The Labute approximate surface area is 98.8 Å². The first-order chi connectivity index (χ1) is 8.22. The maximum absolute atomic E-state index is 11.6. The number of esters is 1. The summed E-state index contributed by atoms with van der Waals surface area (Å²) in [5, 5.41) is 0.663. The maximum atomic E-state index is 11.6. The second kappa shape index (κ2) is 4.41. The van der Waals surface area contributed by atoms with Crippen molar-refractivity contribution in [1.29, 1.82) is 0 Å². The average molecular weight is 231 g/mol. The van der Waals surface area contributed by atoms with Gasteiger partial charge in [-0.25, -0.2) is 4.79 Å². The number of carbonyl (C=O) groups excluding carboxylic acids is 2. The molecule has 0 aliphatic carbocycles. The first kappa shape index (κ1) is 11.4. The topological polar surface area (TPSA) is 48.3 Å². The van der Waals surface area contributed by atoms with Crippen molar-refractivity contribution in [2.75, 3.05) is 7.11 Å². The molecule has 0 aliphatic heterocycles. The van der Waals surface area contributed by atoms with Gasteiger partial charge in [-0.1, -0.05) is 6.07 Å². The standard InChI is InChI=1S/C13H13NO3/c1-3-14-7-9(8-15)12-10(13(16)17-2)5-4-6-11(12)14/h4-8H,3H2,1-2H3. The summed E-state index contributed by atoms with van der Waals surface area (Å²) in [6.45, 7) is 2.73. The number of benzene rings is 1. The Kier molecular flexibility index (Phi) is 2.95. The fourth-order valence-corrected chi connectivity index (χ4v) is 2.02. The molecule has 0 amide bonds. The highest BCUT2D eigenvalue weighted by molar-refractivity contribution is 6.10. The molecule has 0 aliphatic rings. The molecule has 1 aromatic heterocycles. The summed E-state index contributed by atoms with van der Waals surface area (Å²) < 4.78 is 6.66. The Morgan fingerprint density at radius 1 is 1.47 bits per heavy atom. The van der Waals surface area contributed by atoms with E-state index in [4.69, 9.17) is 4.74 Å². The zero-order valence-corrected chi connectivity index (χ0v) is 9.77. The number of aryl methyl sites for hydroxylation is 1. The van der Waals surface area contributed by atoms with Crippen molar-refractivity contribution < 1.29 is 14.3 Å². The molecule has 4 heteroatoms. The summed E-state index contributed by atoms with van der Waals surface area (Å²) in [7, 11) is 1.33. The quantitative estimate of drug-likeness (QED) is 0.601. The number of methoxy groups -OCH3 is 1. The van der Waals surface area contributed by atoms with E-state index in [1.165, 1.54) is 7.11 Å². The van der Waals surface area contributed by atoms with Crippen LogP contribution in [0.15, 0.2) is 24.4 Å². The lowest BCUT2D eigenvalue weighted by Gasteiger charge is -2.03.